The van der Waals surface area contributed by atoms with Gasteiger partial charge in [-0.2, -0.15) is 20.2 Å². The Labute approximate surface area is 149 Å². The molecule has 1 aliphatic rings. The molecule has 0 bridgehead atoms. The Hall–Kier alpha value is -3.05. The first-order valence-electron chi connectivity index (χ1n) is 7.38. The van der Waals surface area contributed by atoms with Gasteiger partial charge in [-0.1, -0.05) is 11.6 Å². The number of nitriles is 1. The maximum absolute atomic E-state index is 9.51. The number of halogens is 1. The summed E-state index contributed by atoms with van der Waals surface area (Å²) < 4.78 is 11.0. The average Bonchev–Trinajstić information content (AvgIpc) is 2.59. The van der Waals surface area contributed by atoms with Gasteiger partial charge in [-0.25, -0.2) is 0 Å². The van der Waals surface area contributed by atoms with Gasteiger partial charge >= 0.3 is 0 Å². The second-order valence-electron chi connectivity index (χ2n) is 5.41. The predicted octanol–water partition coefficient (Wildman–Crippen LogP) is 2.01. The number of hydrogen-bond donors (Lipinski definition) is 1. The van der Waals surface area contributed by atoms with Crippen LogP contribution in [0.3, 0.4) is 0 Å². The number of fused-ring (bicyclic) bond motifs is 1. The number of nitrogen functional groups attached to an aromatic ring is 1. The molecule has 0 spiro atoms. The molecule has 8 nitrogen and oxygen atoms in total. The van der Waals surface area contributed by atoms with Gasteiger partial charge in [-0.3, -0.25) is 0 Å². The lowest BCUT2D eigenvalue weighted by Crippen LogP contribution is -2.16. The summed E-state index contributed by atoms with van der Waals surface area (Å²) in [6, 6.07) is 5.51. The van der Waals surface area contributed by atoms with Gasteiger partial charge in [0.2, 0.25) is 11.9 Å². The molecule has 0 fully saturated rings. The highest BCUT2D eigenvalue weighted by Gasteiger charge is 2.17. The summed E-state index contributed by atoms with van der Waals surface area (Å²) >= 11 is 6.23. The van der Waals surface area contributed by atoms with E-state index < -0.39 is 0 Å². The van der Waals surface area contributed by atoms with Crippen LogP contribution in [0.25, 0.3) is 11.6 Å². The summed E-state index contributed by atoms with van der Waals surface area (Å²) in [6.45, 7) is 0.889. The van der Waals surface area contributed by atoms with Gasteiger partial charge in [0.15, 0.2) is 17.3 Å². The van der Waals surface area contributed by atoms with Crippen LogP contribution in [0.2, 0.25) is 5.02 Å². The zero-order chi connectivity index (χ0) is 18.0. The summed E-state index contributed by atoms with van der Waals surface area (Å²) in [5.41, 5.74) is 6.61. The molecule has 1 aromatic carbocycles. The molecular formula is C16H15ClN6O2. The molecule has 2 N–H and O–H groups in total. The number of nitrogens with zero attached hydrogens (tertiary/aromatic N) is 5. The standard InChI is InChI=1S/C16H15ClN6O2/c1-23(2)16-21-14(20-15(19)22-16)10(8-18)5-9-6-11(17)13-12(7-9)24-3-4-25-13/h5-7H,3-4H2,1-2H3,(H2,19,20,21,22)/b10-5-. The van der Waals surface area contributed by atoms with E-state index in [-0.39, 0.29) is 17.3 Å². The monoisotopic (exact) mass is 358 g/mol. The molecule has 0 amide bonds. The van der Waals surface area contributed by atoms with Crippen molar-refractivity contribution in [3.8, 4) is 17.6 Å². The number of nitrogens with two attached hydrogens (primary N) is 1. The van der Waals surface area contributed by atoms with E-state index in [2.05, 4.69) is 21.0 Å². The molecule has 1 aromatic heterocycles. The van der Waals surface area contributed by atoms with Crippen LogP contribution in [-0.4, -0.2) is 42.3 Å². The van der Waals surface area contributed by atoms with E-state index in [1.165, 1.54) is 0 Å². The third kappa shape index (κ3) is 3.56. The molecule has 0 saturated heterocycles. The van der Waals surface area contributed by atoms with Crippen molar-refractivity contribution in [1.29, 1.82) is 5.26 Å². The van der Waals surface area contributed by atoms with Gasteiger partial charge in [0.05, 0.1) is 10.6 Å². The SMILES string of the molecule is CN(C)c1nc(N)nc(/C(C#N)=C\c2cc(Cl)c3c(c2)OCCO3)n1. The first kappa shape index (κ1) is 16.8. The van der Waals surface area contributed by atoms with Crippen LogP contribution in [-0.2, 0) is 0 Å². The van der Waals surface area contributed by atoms with Gasteiger partial charge in [0, 0.05) is 14.1 Å². The number of allylic oxidation sites excluding steroid dienone is 1. The molecule has 0 radical (unpaired) electrons. The first-order chi connectivity index (χ1) is 12.0. The Morgan fingerprint density at radius 3 is 2.76 bits per heavy atom. The van der Waals surface area contributed by atoms with Crippen molar-refractivity contribution < 1.29 is 9.47 Å². The second-order valence-corrected chi connectivity index (χ2v) is 5.82. The highest BCUT2D eigenvalue weighted by Crippen LogP contribution is 2.39. The Bertz CT molecular complexity index is 891. The summed E-state index contributed by atoms with van der Waals surface area (Å²) in [7, 11) is 3.55. The quantitative estimate of drug-likeness (QED) is 0.829. The number of hydrogen-bond acceptors (Lipinski definition) is 8. The first-order valence-corrected chi connectivity index (χ1v) is 7.76. The van der Waals surface area contributed by atoms with Gasteiger partial charge in [0.25, 0.3) is 0 Å². The zero-order valence-corrected chi connectivity index (χ0v) is 14.4. The summed E-state index contributed by atoms with van der Waals surface area (Å²) in [5.74, 6) is 1.62. The van der Waals surface area contributed by atoms with Crippen LogP contribution < -0.4 is 20.1 Å². The molecule has 0 saturated carbocycles. The van der Waals surface area contributed by atoms with Crippen LogP contribution >= 0.6 is 11.6 Å². The largest absolute Gasteiger partial charge is 0.486 e. The molecule has 25 heavy (non-hydrogen) atoms. The normalized spacial score (nSPS) is 13.3. The number of benzene rings is 1. The van der Waals surface area contributed by atoms with Crippen molar-refractivity contribution in [2.24, 2.45) is 0 Å². The fourth-order valence-corrected chi connectivity index (χ4v) is 2.50. The molecule has 0 atom stereocenters. The number of ether oxygens (including phenoxy) is 2. The maximum Gasteiger partial charge on any atom is 0.230 e. The summed E-state index contributed by atoms with van der Waals surface area (Å²) in [6.07, 6.45) is 1.61. The van der Waals surface area contributed by atoms with Crippen molar-refractivity contribution in [2.75, 3.05) is 37.9 Å². The van der Waals surface area contributed by atoms with Crippen LogP contribution in [0.1, 0.15) is 11.4 Å². The van der Waals surface area contributed by atoms with E-state index in [4.69, 9.17) is 26.8 Å². The van der Waals surface area contributed by atoms with Crippen LogP contribution in [0.5, 0.6) is 11.5 Å². The summed E-state index contributed by atoms with van der Waals surface area (Å²) in [4.78, 5) is 14.0. The lowest BCUT2D eigenvalue weighted by atomic mass is 10.1. The van der Waals surface area contributed by atoms with E-state index in [9.17, 15) is 5.26 Å². The molecule has 9 heteroatoms. The molecule has 128 valence electrons. The van der Waals surface area contributed by atoms with E-state index >= 15 is 0 Å². The van der Waals surface area contributed by atoms with Crippen molar-refractivity contribution in [3.63, 3.8) is 0 Å². The van der Waals surface area contributed by atoms with Gasteiger partial charge in [0.1, 0.15) is 19.3 Å². The van der Waals surface area contributed by atoms with Crippen LogP contribution in [0.4, 0.5) is 11.9 Å². The van der Waals surface area contributed by atoms with E-state index in [1.807, 2.05) is 0 Å². The molecule has 0 aliphatic carbocycles. The molecule has 0 unspecified atom stereocenters. The van der Waals surface area contributed by atoms with Gasteiger partial charge in [-0.05, 0) is 23.8 Å². The van der Waals surface area contributed by atoms with Crippen LogP contribution in [0, 0.1) is 11.3 Å². The second kappa shape index (κ2) is 6.83. The highest BCUT2D eigenvalue weighted by molar-refractivity contribution is 6.32. The molecule has 2 aromatic rings. The van der Waals surface area contributed by atoms with Crippen molar-refractivity contribution in [1.82, 2.24) is 15.0 Å². The molecule has 2 heterocycles. The zero-order valence-electron chi connectivity index (χ0n) is 13.7. The number of anilines is 2. The lowest BCUT2D eigenvalue weighted by molar-refractivity contribution is 0.171. The fourth-order valence-electron chi connectivity index (χ4n) is 2.23. The van der Waals surface area contributed by atoms with E-state index in [1.54, 1.807) is 37.2 Å². The third-order valence-corrected chi connectivity index (χ3v) is 3.61. The predicted molar refractivity (Wildman–Crippen MR) is 94.5 cm³/mol. The Morgan fingerprint density at radius 2 is 2.04 bits per heavy atom. The highest BCUT2D eigenvalue weighted by atomic mass is 35.5. The van der Waals surface area contributed by atoms with E-state index in [0.29, 0.717) is 41.2 Å². The van der Waals surface area contributed by atoms with Gasteiger partial charge < -0.3 is 20.1 Å². The molecule has 1 aliphatic heterocycles. The average molecular weight is 359 g/mol. The topological polar surface area (TPSA) is 110 Å². The van der Waals surface area contributed by atoms with E-state index in [0.717, 1.165) is 0 Å². The minimum Gasteiger partial charge on any atom is -0.486 e. The van der Waals surface area contributed by atoms with Crippen LogP contribution in [0.15, 0.2) is 12.1 Å². The van der Waals surface area contributed by atoms with Crippen molar-refractivity contribution >= 4 is 35.1 Å². The number of aromatic nitrogens is 3. The van der Waals surface area contributed by atoms with Crippen molar-refractivity contribution in [2.45, 2.75) is 0 Å². The summed E-state index contributed by atoms with van der Waals surface area (Å²) in [5, 5.41) is 9.91. The third-order valence-electron chi connectivity index (χ3n) is 3.33. The number of rotatable bonds is 3. The fraction of sp³-hybridized carbons (Fsp3) is 0.250. The van der Waals surface area contributed by atoms with Gasteiger partial charge in [-0.15, -0.1) is 0 Å². The smallest absolute Gasteiger partial charge is 0.230 e. The minimum absolute atomic E-state index is 0.0371. The molecule has 3 rings (SSSR count). The Morgan fingerprint density at radius 1 is 1.28 bits per heavy atom. The van der Waals surface area contributed by atoms with Crippen molar-refractivity contribution in [3.05, 3.63) is 28.5 Å². The lowest BCUT2D eigenvalue weighted by Gasteiger charge is -2.19. The molecular weight excluding hydrogens is 344 g/mol. The Balaban J connectivity index is 2.05. The minimum atomic E-state index is 0.0371. The maximum atomic E-state index is 9.51. The Kier molecular flexibility index (Phi) is 4.59.